The molecule has 2 aromatic carbocycles. The molecule has 0 unspecified atom stereocenters. The van der Waals surface area contributed by atoms with E-state index in [1.165, 1.54) is 6.20 Å². The minimum atomic E-state index is -0.466. The van der Waals surface area contributed by atoms with Gasteiger partial charge in [0.15, 0.2) is 5.82 Å². The summed E-state index contributed by atoms with van der Waals surface area (Å²) in [6, 6.07) is 23.8. The van der Waals surface area contributed by atoms with Gasteiger partial charge in [-0.15, -0.1) is 0 Å². The molecule has 0 amide bonds. The molecular formula is C28H25FN6. The molecule has 0 aliphatic carbocycles. The predicted molar refractivity (Wildman–Crippen MR) is 138 cm³/mol. The summed E-state index contributed by atoms with van der Waals surface area (Å²) in [5, 5.41) is 0. The van der Waals surface area contributed by atoms with Gasteiger partial charge in [0.25, 0.3) is 0 Å². The highest BCUT2D eigenvalue weighted by Crippen LogP contribution is 2.33. The van der Waals surface area contributed by atoms with Gasteiger partial charge in [0.1, 0.15) is 11.3 Å². The van der Waals surface area contributed by atoms with Crippen molar-refractivity contribution >= 4 is 34.1 Å². The molecule has 3 heterocycles. The quantitative estimate of drug-likeness (QED) is 0.228. The Morgan fingerprint density at radius 3 is 2.26 bits per heavy atom. The van der Waals surface area contributed by atoms with Crippen molar-refractivity contribution in [2.75, 3.05) is 11.9 Å². The van der Waals surface area contributed by atoms with Crippen LogP contribution in [0.1, 0.15) is 23.6 Å². The molecular weight excluding hydrogens is 439 g/mol. The van der Waals surface area contributed by atoms with Crippen molar-refractivity contribution in [1.29, 1.82) is 0 Å². The number of aromatic nitrogens is 4. The van der Waals surface area contributed by atoms with Crippen LogP contribution in [0.2, 0.25) is 0 Å². The van der Waals surface area contributed by atoms with Crippen LogP contribution in [0.25, 0.3) is 11.0 Å². The van der Waals surface area contributed by atoms with Gasteiger partial charge in [-0.2, -0.15) is 4.39 Å². The number of benzene rings is 2. The zero-order valence-corrected chi connectivity index (χ0v) is 19.9. The Morgan fingerprint density at radius 1 is 0.971 bits per heavy atom. The maximum atomic E-state index is 14.4. The Bertz CT molecular complexity index is 1470. The van der Waals surface area contributed by atoms with Crippen molar-refractivity contribution in [2.24, 2.45) is 12.0 Å². The van der Waals surface area contributed by atoms with Gasteiger partial charge in [-0.05, 0) is 12.5 Å². The van der Waals surface area contributed by atoms with Crippen LogP contribution in [0.3, 0.4) is 0 Å². The van der Waals surface area contributed by atoms with Crippen molar-refractivity contribution in [3.8, 4) is 0 Å². The summed E-state index contributed by atoms with van der Waals surface area (Å²) in [6.45, 7) is 1.91. The molecule has 3 aromatic heterocycles. The third kappa shape index (κ3) is 4.28. The SMILES string of the molecule is CCc1c(N(C)c2cc3c(ncn3C)c(N=C(c3ccccc3)c3ccccc3)n2)ccnc1F. The monoisotopic (exact) mass is 464 g/mol. The number of hydrogen-bond acceptors (Lipinski definition) is 5. The highest BCUT2D eigenvalue weighted by molar-refractivity contribution is 6.14. The molecule has 0 saturated heterocycles. The third-order valence-electron chi connectivity index (χ3n) is 6.03. The minimum Gasteiger partial charge on any atom is -0.334 e. The van der Waals surface area contributed by atoms with Crippen LogP contribution in [0, 0.1) is 5.95 Å². The predicted octanol–water partition coefficient (Wildman–Crippen LogP) is 6.00. The van der Waals surface area contributed by atoms with E-state index in [1.54, 1.807) is 12.4 Å². The van der Waals surface area contributed by atoms with Crippen LogP contribution < -0.4 is 4.90 Å². The maximum absolute atomic E-state index is 14.4. The molecule has 6 nitrogen and oxygen atoms in total. The number of rotatable bonds is 6. The largest absolute Gasteiger partial charge is 0.334 e. The molecule has 35 heavy (non-hydrogen) atoms. The second-order valence-electron chi connectivity index (χ2n) is 8.23. The fourth-order valence-corrected chi connectivity index (χ4v) is 4.16. The first-order valence-electron chi connectivity index (χ1n) is 11.5. The molecule has 174 valence electrons. The maximum Gasteiger partial charge on any atom is 0.218 e. The van der Waals surface area contributed by atoms with Gasteiger partial charge in [0, 0.05) is 43.0 Å². The Labute approximate surface area is 203 Å². The molecule has 0 bridgehead atoms. The van der Waals surface area contributed by atoms with E-state index in [9.17, 15) is 4.39 Å². The average Bonchev–Trinajstić information content (AvgIpc) is 3.28. The lowest BCUT2D eigenvalue weighted by atomic mass is 10.0. The van der Waals surface area contributed by atoms with Gasteiger partial charge in [-0.3, -0.25) is 0 Å². The van der Waals surface area contributed by atoms with E-state index < -0.39 is 5.95 Å². The lowest BCUT2D eigenvalue weighted by molar-refractivity contribution is 0.568. The van der Waals surface area contributed by atoms with Gasteiger partial charge in [0.05, 0.1) is 23.2 Å². The van der Waals surface area contributed by atoms with Crippen LogP contribution in [0.15, 0.2) is 90.3 Å². The number of hydrogen-bond donors (Lipinski definition) is 0. The van der Waals surface area contributed by atoms with Crippen molar-refractivity contribution in [3.63, 3.8) is 0 Å². The third-order valence-corrected chi connectivity index (χ3v) is 6.03. The number of aryl methyl sites for hydroxylation is 1. The van der Waals surface area contributed by atoms with Crippen LogP contribution >= 0.6 is 0 Å². The topological polar surface area (TPSA) is 59.2 Å². The summed E-state index contributed by atoms with van der Waals surface area (Å²) >= 11 is 0. The minimum absolute atomic E-state index is 0.466. The molecule has 0 aliphatic heterocycles. The summed E-state index contributed by atoms with van der Waals surface area (Å²) in [5.74, 6) is 0.674. The van der Waals surface area contributed by atoms with E-state index in [4.69, 9.17) is 9.98 Å². The van der Waals surface area contributed by atoms with Crippen LogP contribution in [-0.4, -0.2) is 32.3 Å². The Morgan fingerprint density at radius 2 is 1.63 bits per heavy atom. The Balaban J connectivity index is 1.72. The zero-order chi connectivity index (χ0) is 24.4. The number of pyridine rings is 2. The first-order chi connectivity index (χ1) is 17.1. The first kappa shape index (κ1) is 22.4. The standard InChI is InChI=1S/C28H25FN6/c1-4-21-22(15-16-30-27(21)29)35(3)24-17-23-26(31-18-34(23)2)28(32-24)33-25(19-11-7-5-8-12-19)20-13-9-6-10-14-20/h5-18H,4H2,1-3H3. The number of fused-ring (bicyclic) bond motifs is 1. The highest BCUT2D eigenvalue weighted by atomic mass is 19.1. The summed E-state index contributed by atoms with van der Waals surface area (Å²) in [5.41, 5.74) is 5.60. The lowest BCUT2D eigenvalue weighted by Gasteiger charge is -2.22. The number of nitrogens with zero attached hydrogens (tertiary/aromatic N) is 6. The molecule has 7 heteroatoms. The number of anilines is 2. The van der Waals surface area contributed by atoms with Gasteiger partial charge >= 0.3 is 0 Å². The number of imidazole rings is 1. The van der Waals surface area contributed by atoms with E-state index in [0.717, 1.165) is 28.0 Å². The Kier molecular flexibility index (Phi) is 6.06. The second-order valence-corrected chi connectivity index (χ2v) is 8.23. The summed E-state index contributed by atoms with van der Waals surface area (Å²) in [7, 11) is 3.81. The highest BCUT2D eigenvalue weighted by Gasteiger charge is 2.18. The van der Waals surface area contributed by atoms with Crippen LogP contribution in [-0.2, 0) is 13.5 Å². The van der Waals surface area contributed by atoms with Gasteiger partial charge in [-0.25, -0.2) is 19.9 Å². The van der Waals surface area contributed by atoms with Gasteiger partial charge in [-0.1, -0.05) is 67.6 Å². The van der Waals surface area contributed by atoms with E-state index in [2.05, 4.69) is 9.97 Å². The molecule has 0 aliphatic rings. The van der Waals surface area contributed by atoms with Crippen molar-refractivity contribution < 1.29 is 4.39 Å². The first-order valence-corrected chi connectivity index (χ1v) is 11.5. The summed E-state index contributed by atoms with van der Waals surface area (Å²) in [4.78, 5) is 20.2. The molecule has 0 atom stereocenters. The van der Waals surface area contributed by atoms with Crippen molar-refractivity contribution in [2.45, 2.75) is 13.3 Å². The van der Waals surface area contributed by atoms with Crippen LogP contribution in [0.5, 0.6) is 0 Å². The molecule has 0 radical (unpaired) electrons. The summed E-state index contributed by atoms with van der Waals surface area (Å²) in [6.07, 6.45) is 3.75. The molecule has 5 aromatic rings. The van der Waals surface area contributed by atoms with Crippen LogP contribution in [0.4, 0.5) is 21.7 Å². The van der Waals surface area contributed by atoms with E-state index in [-0.39, 0.29) is 0 Å². The molecule has 0 fully saturated rings. The molecule has 0 N–H and O–H groups in total. The van der Waals surface area contributed by atoms with E-state index in [1.807, 2.05) is 97.2 Å². The lowest BCUT2D eigenvalue weighted by Crippen LogP contribution is -2.15. The zero-order valence-electron chi connectivity index (χ0n) is 19.9. The average molecular weight is 465 g/mol. The smallest absolute Gasteiger partial charge is 0.218 e. The van der Waals surface area contributed by atoms with E-state index in [0.29, 0.717) is 29.1 Å². The van der Waals surface area contributed by atoms with Gasteiger partial charge in [0.2, 0.25) is 5.95 Å². The molecule has 5 rings (SSSR count). The Hall–Kier alpha value is -4.39. The number of halogens is 1. The molecule has 0 saturated carbocycles. The fraction of sp³-hybridized carbons (Fsp3) is 0.143. The van der Waals surface area contributed by atoms with E-state index >= 15 is 0 Å². The molecule has 0 spiro atoms. The fourth-order valence-electron chi connectivity index (χ4n) is 4.16. The van der Waals surface area contributed by atoms with Crippen molar-refractivity contribution in [3.05, 3.63) is 108 Å². The number of aliphatic imine (C=N–C) groups is 1. The second kappa shape index (κ2) is 9.46. The van der Waals surface area contributed by atoms with Crippen molar-refractivity contribution in [1.82, 2.24) is 19.5 Å². The normalized spacial score (nSPS) is 11.0. The van der Waals surface area contributed by atoms with Gasteiger partial charge < -0.3 is 9.47 Å². The summed E-state index contributed by atoms with van der Waals surface area (Å²) < 4.78 is 16.4.